The maximum Gasteiger partial charge on any atom is 0.253 e. The number of nitrogens with one attached hydrogen (secondary N) is 1. The Morgan fingerprint density at radius 3 is 2.48 bits per heavy atom. The molecule has 0 saturated heterocycles. The molecule has 0 radical (unpaired) electrons. The molecule has 1 amide bonds. The number of nitrogens with zero attached hydrogens (tertiary/aromatic N) is 2. The molecule has 0 aliphatic heterocycles. The standard InChI is InChI=1S/C19H21N3O4S/c1-13-11-17(15(3)22(13)18-12-14(2)26-21-18)19(23)20-9-10-27(24,25)16-7-5-4-6-8-16/h4-8,11-12H,9-10H2,1-3H3,(H,20,23). The first kappa shape index (κ1) is 18.9. The largest absolute Gasteiger partial charge is 0.360 e. The number of carbonyl (C=O) groups is 1. The van der Waals surface area contributed by atoms with E-state index in [0.717, 1.165) is 5.69 Å². The third kappa shape index (κ3) is 3.95. The molecule has 1 N–H and O–H groups in total. The van der Waals surface area contributed by atoms with Gasteiger partial charge in [0.2, 0.25) is 0 Å². The molecule has 2 heterocycles. The predicted octanol–water partition coefficient (Wildman–Crippen LogP) is 2.59. The maximum atomic E-state index is 12.5. The van der Waals surface area contributed by atoms with Crippen molar-refractivity contribution in [3.8, 4) is 5.82 Å². The molecule has 2 aromatic heterocycles. The lowest BCUT2D eigenvalue weighted by atomic mass is 10.2. The highest BCUT2D eigenvalue weighted by Crippen LogP contribution is 2.20. The van der Waals surface area contributed by atoms with Crippen LogP contribution in [0.5, 0.6) is 0 Å². The predicted molar refractivity (Wildman–Crippen MR) is 101 cm³/mol. The second-order valence-electron chi connectivity index (χ2n) is 6.30. The number of benzene rings is 1. The summed E-state index contributed by atoms with van der Waals surface area (Å²) < 4.78 is 31.5. The van der Waals surface area contributed by atoms with E-state index < -0.39 is 9.84 Å². The van der Waals surface area contributed by atoms with E-state index in [1.807, 2.05) is 18.4 Å². The molecule has 27 heavy (non-hydrogen) atoms. The van der Waals surface area contributed by atoms with Crippen LogP contribution in [0.2, 0.25) is 0 Å². The van der Waals surface area contributed by atoms with Crippen LogP contribution in [-0.4, -0.2) is 36.3 Å². The zero-order chi connectivity index (χ0) is 19.6. The van der Waals surface area contributed by atoms with Crippen molar-refractivity contribution < 1.29 is 17.7 Å². The molecule has 0 aliphatic carbocycles. The van der Waals surface area contributed by atoms with Crippen LogP contribution in [0.1, 0.15) is 27.5 Å². The fraction of sp³-hybridized carbons (Fsp3) is 0.263. The molecule has 0 fully saturated rings. The number of aryl methyl sites for hydroxylation is 2. The summed E-state index contributed by atoms with van der Waals surface area (Å²) in [6.45, 7) is 5.51. The molecule has 0 spiro atoms. The number of rotatable bonds is 6. The smallest absolute Gasteiger partial charge is 0.253 e. The van der Waals surface area contributed by atoms with E-state index in [0.29, 0.717) is 22.8 Å². The average molecular weight is 387 g/mol. The lowest BCUT2D eigenvalue weighted by Crippen LogP contribution is -2.29. The van der Waals surface area contributed by atoms with Crippen molar-refractivity contribution in [2.45, 2.75) is 25.7 Å². The summed E-state index contributed by atoms with van der Waals surface area (Å²) in [5.74, 6) is 0.796. The van der Waals surface area contributed by atoms with Gasteiger partial charge in [-0.25, -0.2) is 8.42 Å². The van der Waals surface area contributed by atoms with Gasteiger partial charge in [-0.3, -0.25) is 9.36 Å². The quantitative estimate of drug-likeness (QED) is 0.702. The van der Waals surface area contributed by atoms with Gasteiger partial charge in [0, 0.05) is 24.0 Å². The molecule has 3 rings (SSSR count). The number of amides is 1. The highest BCUT2D eigenvalue weighted by Gasteiger charge is 2.19. The van der Waals surface area contributed by atoms with Crippen LogP contribution in [0.4, 0.5) is 0 Å². The van der Waals surface area contributed by atoms with Crippen LogP contribution in [0.25, 0.3) is 5.82 Å². The molecule has 7 nitrogen and oxygen atoms in total. The summed E-state index contributed by atoms with van der Waals surface area (Å²) in [7, 11) is -3.43. The summed E-state index contributed by atoms with van der Waals surface area (Å²) in [5.41, 5.74) is 2.03. The number of sulfone groups is 1. The van der Waals surface area contributed by atoms with Gasteiger partial charge in [-0.1, -0.05) is 23.4 Å². The van der Waals surface area contributed by atoms with E-state index in [4.69, 9.17) is 4.52 Å². The van der Waals surface area contributed by atoms with E-state index in [1.54, 1.807) is 49.4 Å². The summed E-state index contributed by atoms with van der Waals surface area (Å²) in [5, 5.41) is 6.67. The van der Waals surface area contributed by atoms with E-state index in [1.165, 1.54) is 0 Å². The van der Waals surface area contributed by atoms with Gasteiger partial charge >= 0.3 is 0 Å². The molecule has 0 saturated carbocycles. The number of hydrogen-bond donors (Lipinski definition) is 1. The zero-order valence-corrected chi connectivity index (χ0v) is 16.2. The lowest BCUT2D eigenvalue weighted by molar-refractivity contribution is 0.0955. The van der Waals surface area contributed by atoms with Gasteiger partial charge in [-0.2, -0.15) is 0 Å². The summed E-state index contributed by atoms with van der Waals surface area (Å²) in [4.78, 5) is 12.8. The topological polar surface area (TPSA) is 94.2 Å². The number of hydrogen-bond acceptors (Lipinski definition) is 5. The Bertz CT molecular complexity index is 1070. The highest BCUT2D eigenvalue weighted by atomic mass is 32.2. The van der Waals surface area contributed by atoms with Gasteiger partial charge in [0.25, 0.3) is 5.91 Å². The van der Waals surface area contributed by atoms with Crippen molar-refractivity contribution in [2.24, 2.45) is 0 Å². The zero-order valence-electron chi connectivity index (χ0n) is 15.4. The Balaban J connectivity index is 1.70. The molecule has 0 unspecified atom stereocenters. The summed E-state index contributed by atoms with van der Waals surface area (Å²) in [6, 6.07) is 11.7. The Labute approximate surface area is 157 Å². The van der Waals surface area contributed by atoms with Gasteiger partial charge in [-0.15, -0.1) is 0 Å². The maximum absolute atomic E-state index is 12.5. The van der Waals surface area contributed by atoms with Crippen molar-refractivity contribution in [2.75, 3.05) is 12.3 Å². The molecule has 0 aliphatic rings. The summed E-state index contributed by atoms with van der Waals surface area (Å²) >= 11 is 0. The van der Waals surface area contributed by atoms with Gasteiger partial charge in [0.05, 0.1) is 16.2 Å². The van der Waals surface area contributed by atoms with Crippen LogP contribution in [0, 0.1) is 20.8 Å². The average Bonchev–Trinajstić information content (AvgIpc) is 3.18. The Morgan fingerprint density at radius 1 is 1.15 bits per heavy atom. The van der Waals surface area contributed by atoms with E-state index in [2.05, 4.69) is 10.5 Å². The minimum Gasteiger partial charge on any atom is -0.360 e. The SMILES string of the molecule is Cc1cc(-n2c(C)cc(C(=O)NCCS(=O)(=O)c3ccccc3)c2C)no1. The van der Waals surface area contributed by atoms with Gasteiger partial charge < -0.3 is 9.84 Å². The molecule has 3 aromatic rings. The second kappa shape index (κ2) is 7.40. The van der Waals surface area contributed by atoms with Crippen LogP contribution in [-0.2, 0) is 9.84 Å². The molecule has 142 valence electrons. The van der Waals surface area contributed by atoms with Crippen LogP contribution >= 0.6 is 0 Å². The lowest BCUT2D eigenvalue weighted by Gasteiger charge is -2.07. The Morgan fingerprint density at radius 2 is 1.85 bits per heavy atom. The summed E-state index contributed by atoms with van der Waals surface area (Å²) in [6.07, 6.45) is 0. The second-order valence-corrected chi connectivity index (χ2v) is 8.41. The third-order valence-corrected chi connectivity index (χ3v) is 6.01. The molecular formula is C19H21N3O4S. The van der Waals surface area contributed by atoms with Crippen molar-refractivity contribution in [1.29, 1.82) is 0 Å². The minimum absolute atomic E-state index is 0.0306. The van der Waals surface area contributed by atoms with Crippen LogP contribution in [0.15, 0.2) is 51.9 Å². The third-order valence-electron chi connectivity index (χ3n) is 4.28. The van der Waals surface area contributed by atoms with Crippen LogP contribution in [0.3, 0.4) is 0 Å². The first-order chi connectivity index (χ1) is 12.8. The van der Waals surface area contributed by atoms with E-state index >= 15 is 0 Å². The highest BCUT2D eigenvalue weighted by molar-refractivity contribution is 7.91. The van der Waals surface area contributed by atoms with Crippen LogP contribution < -0.4 is 5.32 Å². The van der Waals surface area contributed by atoms with Gasteiger partial charge in [0.1, 0.15) is 5.76 Å². The van der Waals surface area contributed by atoms with Gasteiger partial charge in [0.15, 0.2) is 15.7 Å². The number of aromatic nitrogens is 2. The van der Waals surface area contributed by atoms with Crippen molar-refractivity contribution in [1.82, 2.24) is 15.0 Å². The fourth-order valence-electron chi connectivity index (χ4n) is 2.94. The Kier molecular flexibility index (Phi) is 5.18. The van der Waals surface area contributed by atoms with Crippen molar-refractivity contribution >= 4 is 15.7 Å². The molecule has 0 atom stereocenters. The Hall–Kier alpha value is -2.87. The first-order valence-corrected chi connectivity index (χ1v) is 10.1. The minimum atomic E-state index is -3.43. The monoisotopic (exact) mass is 387 g/mol. The fourth-order valence-corrected chi connectivity index (χ4v) is 4.12. The number of carbonyl (C=O) groups excluding carboxylic acids is 1. The molecule has 8 heteroatoms. The van der Waals surface area contributed by atoms with E-state index in [-0.39, 0.29) is 23.1 Å². The first-order valence-electron chi connectivity index (χ1n) is 8.48. The van der Waals surface area contributed by atoms with E-state index in [9.17, 15) is 13.2 Å². The normalized spacial score (nSPS) is 11.5. The molecule has 1 aromatic carbocycles. The molecule has 0 bridgehead atoms. The van der Waals surface area contributed by atoms with Crippen molar-refractivity contribution in [3.05, 3.63) is 65.2 Å². The molecular weight excluding hydrogens is 366 g/mol. The van der Waals surface area contributed by atoms with Crippen molar-refractivity contribution in [3.63, 3.8) is 0 Å². The van der Waals surface area contributed by atoms with Gasteiger partial charge in [-0.05, 0) is 39.0 Å².